The zero-order valence-electron chi connectivity index (χ0n) is 10.9. The number of carbonyl (C=O) groups is 1. The summed E-state index contributed by atoms with van der Waals surface area (Å²) >= 11 is 3.28. The van der Waals surface area contributed by atoms with Gasteiger partial charge in [-0.05, 0) is 47.0 Å². The van der Waals surface area contributed by atoms with Crippen LogP contribution in [0.4, 0.5) is 5.69 Å². The molecule has 1 aliphatic rings. The van der Waals surface area contributed by atoms with Crippen LogP contribution in [-0.2, 0) is 4.74 Å². The summed E-state index contributed by atoms with van der Waals surface area (Å²) < 4.78 is 6.25. The van der Waals surface area contributed by atoms with Gasteiger partial charge in [-0.3, -0.25) is 0 Å². The normalized spacial score (nSPS) is 22.4. The van der Waals surface area contributed by atoms with Gasteiger partial charge in [0.1, 0.15) is 0 Å². The molecule has 5 heteroatoms. The first-order chi connectivity index (χ1) is 9.11. The maximum Gasteiger partial charge on any atom is 0.336 e. The molecule has 2 rings (SSSR count). The molecular formula is C14H18BrNO3. The van der Waals surface area contributed by atoms with E-state index < -0.39 is 5.97 Å². The molecule has 2 atom stereocenters. The lowest BCUT2D eigenvalue weighted by molar-refractivity contribution is 0.0696. The van der Waals surface area contributed by atoms with E-state index in [0.717, 1.165) is 31.7 Å². The number of hydrogen-bond donors (Lipinski definition) is 2. The molecule has 0 aliphatic carbocycles. The van der Waals surface area contributed by atoms with Gasteiger partial charge in [-0.1, -0.05) is 6.92 Å². The quantitative estimate of drug-likeness (QED) is 0.870. The van der Waals surface area contributed by atoms with E-state index in [-0.39, 0.29) is 5.56 Å². The van der Waals surface area contributed by atoms with Crippen LogP contribution in [0.1, 0.15) is 30.1 Å². The van der Waals surface area contributed by atoms with Gasteiger partial charge in [0.15, 0.2) is 0 Å². The fraction of sp³-hybridized carbons (Fsp3) is 0.500. The van der Waals surface area contributed by atoms with Crippen molar-refractivity contribution in [1.82, 2.24) is 0 Å². The number of benzene rings is 1. The summed E-state index contributed by atoms with van der Waals surface area (Å²) in [6, 6.07) is 5.21. The van der Waals surface area contributed by atoms with Crippen LogP contribution < -0.4 is 5.32 Å². The van der Waals surface area contributed by atoms with Gasteiger partial charge < -0.3 is 15.2 Å². The average Bonchev–Trinajstić information content (AvgIpc) is 2.83. The van der Waals surface area contributed by atoms with Crippen molar-refractivity contribution >= 4 is 27.6 Å². The van der Waals surface area contributed by atoms with Crippen molar-refractivity contribution in [2.24, 2.45) is 5.92 Å². The molecule has 1 aromatic rings. The summed E-state index contributed by atoms with van der Waals surface area (Å²) in [4.78, 5) is 10.9. The van der Waals surface area contributed by atoms with Gasteiger partial charge in [-0.15, -0.1) is 0 Å². The van der Waals surface area contributed by atoms with E-state index in [0.29, 0.717) is 16.5 Å². The van der Waals surface area contributed by atoms with Crippen LogP contribution in [0.5, 0.6) is 0 Å². The molecule has 2 N–H and O–H groups in total. The van der Waals surface area contributed by atoms with Gasteiger partial charge in [0.05, 0.1) is 11.7 Å². The minimum absolute atomic E-state index is 0.279. The lowest BCUT2D eigenvalue weighted by Crippen LogP contribution is -2.22. The van der Waals surface area contributed by atoms with Gasteiger partial charge in [-0.25, -0.2) is 4.79 Å². The minimum atomic E-state index is -0.923. The predicted molar refractivity (Wildman–Crippen MR) is 77.7 cm³/mol. The predicted octanol–water partition coefficient (Wildman–Crippen LogP) is 3.37. The Morgan fingerprint density at radius 3 is 3.00 bits per heavy atom. The summed E-state index contributed by atoms with van der Waals surface area (Å²) in [5.41, 5.74) is 1.21. The third-order valence-electron chi connectivity index (χ3n) is 3.52. The van der Waals surface area contributed by atoms with Gasteiger partial charge in [0.2, 0.25) is 0 Å². The van der Waals surface area contributed by atoms with Crippen molar-refractivity contribution in [3.8, 4) is 0 Å². The Morgan fingerprint density at radius 1 is 1.58 bits per heavy atom. The molecule has 19 heavy (non-hydrogen) atoms. The Labute approximate surface area is 121 Å². The van der Waals surface area contributed by atoms with E-state index in [1.165, 1.54) is 0 Å². The van der Waals surface area contributed by atoms with E-state index in [9.17, 15) is 4.79 Å². The summed E-state index contributed by atoms with van der Waals surface area (Å²) in [7, 11) is 0. The lowest BCUT2D eigenvalue weighted by atomic mass is 9.99. The zero-order valence-corrected chi connectivity index (χ0v) is 12.4. The first-order valence-corrected chi connectivity index (χ1v) is 7.29. The SMILES string of the molecule is CCC1OCCC1CNc1ccc(C(=O)O)c(Br)c1. The molecular weight excluding hydrogens is 310 g/mol. The molecule has 1 fully saturated rings. The Bertz CT molecular complexity index is 464. The molecule has 0 saturated carbocycles. The summed E-state index contributed by atoms with van der Waals surface area (Å²) in [6.07, 6.45) is 2.46. The number of rotatable bonds is 5. The number of nitrogens with one attached hydrogen (secondary N) is 1. The van der Waals surface area contributed by atoms with E-state index in [2.05, 4.69) is 28.2 Å². The van der Waals surface area contributed by atoms with Gasteiger partial charge in [0.25, 0.3) is 0 Å². The number of ether oxygens (including phenoxy) is 1. The van der Waals surface area contributed by atoms with Gasteiger partial charge in [0, 0.05) is 29.2 Å². The van der Waals surface area contributed by atoms with E-state index in [1.807, 2.05) is 0 Å². The molecule has 0 spiro atoms. The van der Waals surface area contributed by atoms with Crippen molar-refractivity contribution < 1.29 is 14.6 Å². The molecule has 0 amide bonds. The minimum Gasteiger partial charge on any atom is -0.478 e. The molecule has 1 heterocycles. The van der Waals surface area contributed by atoms with Crippen molar-refractivity contribution in [3.05, 3.63) is 28.2 Å². The number of anilines is 1. The number of carboxylic acids is 1. The number of carboxylic acid groups (broad SMARTS) is 1. The molecule has 1 aliphatic heterocycles. The first-order valence-electron chi connectivity index (χ1n) is 6.50. The fourth-order valence-corrected chi connectivity index (χ4v) is 2.97. The third kappa shape index (κ3) is 3.48. The Morgan fingerprint density at radius 2 is 2.37 bits per heavy atom. The van der Waals surface area contributed by atoms with Crippen LogP contribution in [0.2, 0.25) is 0 Å². The molecule has 2 unspecified atom stereocenters. The zero-order chi connectivity index (χ0) is 13.8. The second-order valence-electron chi connectivity index (χ2n) is 4.75. The topological polar surface area (TPSA) is 58.6 Å². The van der Waals surface area contributed by atoms with E-state index in [4.69, 9.17) is 9.84 Å². The van der Waals surface area contributed by atoms with Gasteiger partial charge >= 0.3 is 5.97 Å². The van der Waals surface area contributed by atoms with Crippen molar-refractivity contribution in [1.29, 1.82) is 0 Å². The maximum atomic E-state index is 10.9. The second kappa shape index (κ2) is 6.39. The lowest BCUT2D eigenvalue weighted by Gasteiger charge is -2.18. The molecule has 0 bridgehead atoms. The highest BCUT2D eigenvalue weighted by atomic mass is 79.9. The smallest absolute Gasteiger partial charge is 0.336 e. The van der Waals surface area contributed by atoms with E-state index >= 15 is 0 Å². The van der Waals surface area contributed by atoms with Crippen molar-refractivity contribution in [2.75, 3.05) is 18.5 Å². The standard InChI is InChI=1S/C14H18BrNO3/c1-2-13-9(5-6-19-13)8-16-10-3-4-11(14(17)18)12(15)7-10/h3-4,7,9,13,16H,2,5-6,8H2,1H3,(H,17,18). The maximum absolute atomic E-state index is 10.9. The Balaban J connectivity index is 1.96. The van der Waals surface area contributed by atoms with Crippen LogP contribution in [-0.4, -0.2) is 30.3 Å². The van der Waals surface area contributed by atoms with Crippen LogP contribution in [0.15, 0.2) is 22.7 Å². The second-order valence-corrected chi connectivity index (χ2v) is 5.60. The molecule has 104 valence electrons. The Kier molecular flexibility index (Phi) is 4.82. The van der Waals surface area contributed by atoms with Crippen LogP contribution >= 0.6 is 15.9 Å². The molecule has 4 nitrogen and oxygen atoms in total. The number of hydrogen-bond acceptors (Lipinski definition) is 3. The summed E-state index contributed by atoms with van der Waals surface area (Å²) in [5.74, 6) is -0.392. The summed E-state index contributed by atoms with van der Waals surface area (Å²) in [6.45, 7) is 3.84. The van der Waals surface area contributed by atoms with Crippen molar-refractivity contribution in [2.45, 2.75) is 25.9 Å². The third-order valence-corrected chi connectivity index (χ3v) is 4.17. The average molecular weight is 328 g/mol. The molecule has 1 saturated heterocycles. The van der Waals surface area contributed by atoms with Crippen LogP contribution in [0.3, 0.4) is 0 Å². The first kappa shape index (κ1) is 14.3. The van der Waals surface area contributed by atoms with Crippen LogP contribution in [0.25, 0.3) is 0 Å². The highest BCUT2D eigenvalue weighted by molar-refractivity contribution is 9.10. The molecule has 1 aromatic carbocycles. The van der Waals surface area contributed by atoms with E-state index in [1.54, 1.807) is 18.2 Å². The largest absolute Gasteiger partial charge is 0.478 e. The van der Waals surface area contributed by atoms with Crippen molar-refractivity contribution in [3.63, 3.8) is 0 Å². The summed E-state index contributed by atoms with van der Waals surface area (Å²) in [5, 5.41) is 12.3. The highest BCUT2D eigenvalue weighted by Gasteiger charge is 2.26. The van der Waals surface area contributed by atoms with Crippen LogP contribution in [0, 0.1) is 5.92 Å². The molecule has 0 radical (unpaired) electrons. The molecule has 0 aromatic heterocycles. The fourth-order valence-electron chi connectivity index (χ4n) is 2.42. The highest BCUT2D eigenvalue weighted by Crippen LogP contribution is 2.25. The van der Waals surface area contributed by atoms with Gasteiger partial charge in [-0.2, -0.15) is 0 Å². The number of aromatic carboxylic acids is 1. The number of halogens is 1. The Hall–Kier alpha value is -1.07. The monoisotopic (exact) mass is 327 g/mol.